The summed E-state index contributed by atoms with van der Waals surface area (Å²) in [6.45, 7) is 2.03. The number of aryl methyl sites for hydroxylation is 1. The fourth-order valence-corrected chi connectivity index (χ4v) is 2.97. The Bertz CT molecular complexity index is 728. The number of sulfonamides is 1. The Morgan fingerprint density at radius 1 is 1.05 bits per heavy atom. The summed E-state index contributed by atoms with van der Waals surface area (Å²) in [6, 6.07) is 9.04. The van der Waals surface area contributed by atoms with Gasteiger partial charge in [-0.1, -0.05) is 25.5 Å². The molecule has 0 aliphatic carbocycles. The smallest absolute Gasteiger partial charge is 0.261 e. The van der Waals surface area contributed by atoms with E-state index in [1.807, 2.05) is 6.92 Å². The van der Waals surface area contributed by atoms with E-state index in [0.29, 0.717) is 6.07 Å². The molecule has 0 aliphatic rings. The molecule has 0 aliphatic heterocycles. The van der Waals surface area contributed by atoms with Crippen LogP contribution in [0, 0.1) is 11.6 Å². The van der Waals surface area contributed by atoms with Gasteiger partial charge in [0.05, 0.1) is 10.6 Å². The van der Waals surface area contributed by atoms with E-state index < -0.39 is 21.7 Å². The number of hydrogen-bond donors (Lipinski definition) is 1. The molecule has 0 aromatic heterocycles. The third kappa shape index (κ3) is 3.78. The first kappa shape index (κ1) is 15.4. The summed E-state index contributed by atoms with van der Waals surface area (Å²) in [5, 5.41) is 0. The van der Waals surface area contributed by atoms with E-state index in [0.717, 1.165) is 30.5 Å². The van der Waals surface area contributed by atoms with Gasteiger partial charge in [0.2, 0.25) is 0 Å². The topological polar surface area (TPSA) is 46.2 Å². The van der Waals surface area contributed by atoms with Crippen LogP contribution in [0.2, 0.25) is 0 Å². The van der Waals surface area contributed by atoms with Crippen LogP contribution in [-0.4, -0.2) is 8.42 Å². The molecule has 6 heteroatoms. The predicted molar refractivity (Wildman–Crippen MR) is 77.6 cm³/mol. The summed E-state index contributed by atoms with van der Waals surface area (Å²) >= 11 is 0. The Balaban J connectivity index is 2.25. The van der Waals surface area contributed by atoms with Crippen LogP contribution in [0.1, 0.15) is 18.9 Å². The molecular formula is C15H15F2NO2S. The third-order valence-corrected chi connectivity index (χ3v) is 4.33. The van der Waals surface area contributed by atoms with Crippen LogP contribution in [0.15, 0.2) is 47.4 Å². The van der Waals surface area contributed by atoms with Crippen molar-refractivity contribution in [3.63, 3.8) is 0 Å². The van der Waals surface area contributed by atoms with Gasteiger partial charge >= 0.3 is 0 Å². The first-order valence-electron chi connectivity index (χ1n) is 6.49. The van der Waals surface area contributed by atoms with Gasteiger partial charge in [-0.15, -0.1) is 0 Å². The normalized spacial score (nSPS) is 11.4. The van der Waals surface area contributed by atoms with Crippen LogP contribution in [-0.2, 0) is 16.4 Å². The molecule has 0 radical (unpaired) electrons. The number of nitrogens with one attached hydrogen (secondary N) is 1. The minimum absolute atomic E-state index is 0.0334. The van der Waals surface area contributed by atoms with E-state index in [-0.39, 0.29) is 10.6 Å². The van der Waals surface area contributed by atoms with Crippen molar-refractivity contribution in [2.75, 3.05) is 4.72 Å². The van der Waals surface area contributed by atoms with Gasteiger partial charge in [0.1, 0.15) is 11.6 Å². The highest BCUT2D eigenvalue weighted by molar-refractivity contribution is 7.92. The number of hydrogen-bond acceptors (Lipinski definition) is 2. The molecular weight excluding hydrogens is 296 g/mol. The molecule has 21 heavy (non-hydrogen) atoms. The van der Waals surface area contributed by atoms with Gasteiger partial charge < -0.3 is 0 Å². The Labute approximate surface area is 122 Å². The largest absolute Gasteiger partial charge is 0.277 e. The zero-order valence-corrected chi connectivity index (χ0v) is 12.3. The summed E-state index contributed by atoms with van der Waals surface area (Å²) in [7, 11) is -3.89. The van der Waals surface area contributed by atoms with Crippen LogP contribution in [0.4, 0.5) is 14.5 Å². The van der Waals surface area contributed by atoms with Crippen molar-refractivity contribution >= 4 is 15.7 Å². The van der Waals surface area contributed by atoms with Crippen LogP contribution in [0.5, 0.6) is 0 Å². The molecule has 1 N–H and O–H groups in total. The van der Waals surface area contributed by atoms with Crippen molar-refractivity contribution in [1.82, 2.24) is 0 Å². The molecule has 0 fully saturated rings. The summed E-state index contributed by atoms with van der Waals surface area (Å²) in [5.41, 5.74) is 0.749. The molecule has 0 spiro atoms. The highest BCUT2D eigenvalue weighted by Gasteiger charge is 2.16. The summed E-state index contributed by atoms with van der Waals surface area (Å²) < 4.78 is 52.7. The number of anilines is 1. The highest BCUT2D eigenvalue weighted by atomic mass is 32.2. The second kappa shape index (κ2) is 6.22. The van der Waals surface area contributed by atoms with E-state index in [2.05, 4.69) is 4.72 Å². The summed E-state index contributed by atoms with van der Waals surface area (Å²) in [6.07, 6.45) is 1.82. The lowest BCUT2D eigenvalue weighted by atomic mass is 10.1. The first-order chi connectivity index (χ1) is 9.92. The second-order valence-corrected chi connectivity index (χ2v) is 6.31. The molecule has 2 aromatic rings. The van der Waals surface area contributed by atoms with Crippen LogP contribution >= 0.6 is 0 Å². The molecule has 112 valence electrons. The van der Waals surface area contributed by atoms with E-state index in [4.69, 9.17) is 0 Å². The van der Waals surface area contributed by atoms with Crippen molar-refractivity contribution in [3.8, 4) is 0 Å². The average Bonchev–Trinajstić information content (AvgIpc) is 2.43. The fourth-order valence-electron chi connectivity index (χ4n) is 1.90. The fraction of sp³-hybridized carbons (Fsp3) is 0.200. The van der Waals surface area contributed by atoms with Crippen LogP contribution in [0.3, 0.4) is 0 Å². The Morgan fingerprint density at radius 2 is 1.71 bits per heavy atom. The van der Waals surface area contributed by atoms with Crippen LogP contribution < -0.4 is 4.72 Å². The van der Waals surface area contributed by atoms with Gasteiger partial charge in [-0.25, -0.2) is 17.2 Å². The van der Waals surface area contributed by atoms with E-state index in [9.17, 15) is 17.2 Å². The van der Waals surface area contributed by atoms with Crippen molar-refractivity contribution in [2.45, 2.75) is 24.7 Å². The third-order valence-electron chi connectivity index (χ3n) is 2.95. The lowest BCUT2D eigenvalue weighted by molar-refractivity contribution is 0.583. The molecule has 3 nitrogen and oxygen atoms in total. The maximum atomic E-state index is 13.5. The maximum absolute atomic E-state index is 13.5. The van der Waals surface area contributed by atoms with Gasteiger partial charge in [0.15, 0.2) is 0 Å². The summed E-state index contributed by atoms with van der Waals surface area (Å²) in [4.78, 5) is 0.0334. The van der Waals surface area contributed by atoms with Gasteiger partial charge in [0, 0.05) is 6.07 Å². The van der Waals surface area contributed by atoms with E-state index >= 15 is 0 Å². The molecule has 0 heterocycles. The molecule has 0 unspecified atom stereocenters. The highest BCUT2D eigenvalue weighted by Crippen LogP contribution is 2.20. The van der Waals surface area contributed by atoms with E-state index in [1.54, 1.807) is 12.1 Å². The van der Waals surface area contributed by atoms with Gasteiger partial charge in [-0.2, -0.15) is 0 Å². The first-order valence-corrected chi connectivity index (χ1v) is 7.97. The number of benzene rings is 2. The molecule has 2 rings (SSSR count). The van der Waals surface area contributed by atoms with Crippen molar-refractivity contribution in [1.29, 1.82) is 0 Å². The quantitative estimate of drug-likeness (QED) is 0.915. The maximum Gasteiger partial charge on any atom is 0.261 e. The second-order valence-electron chi connectivity index (χ2n) is 4.62. The molecule has 0 saturated carbocycles. The Morgan fingerprint density at radius 3 is 2.29 bits per heavy atom. The monoisotopic (exact) mass is 311 g/mol. The van der Waals surface area contributed by atoms with Gasteiger partial charge in [-0.3, -0.25) is 4.72 Å². The van der Waals surface area contributed by atoms with Gasteiger partial charge in [-0.05, 0) is 36.2 Å². The minimum Gasteiger partial charge on any atom is -0.277 e. The Hall–Kier alpha value is -1.95. The number of halogens is 2. The molecule has 2 aromatic carbocycles. The molecule has 0 amide bonds. The minimum atomic E-state index is -3.89. The van der Waals surface area contributed by atoms with Crippen molar-refractivity contribution in [2.24, 2.45) is 0 Å². The lowest BCUT2D eigenvalue weighted by Crippen LogP contribution is -2.14. The SMILES string of the molecule is CCCc1ccc(S(=O)(=O)Nc2ccc(F)cc2F)cc1. The standard InChI is InChI=1S/C15H15F2NO2S/c1-2-3-11-4-7-13(8-5-11)21(19,20)18-15-9-6-12(16)10-14(15)17/h4-10,18H,2-3H2,1H3. The zero-order chi connectivity index (χ0) is 15.5. The van der Waals surface area contributed by atoms with Gasteiger partial charge in [0.25, 0.3) is 10.0 Å². The molecule has 0 bridgehead atoms. The number of rotatable bonds is 5. The van der Waals surface area contributed by atoms with Crippen LogP contribution in [0.25, 0.3) is 0 Å². The molecule has 0 atom stereocenters. The summed E-state index contributed by atoms with van der Waals surface area (Å²) in [5.74, 6) is -1.72. The zero-order valence-electron chi connectivity index (χ0n) is 11.4. The average molecular weight is 311 g/mol. The lowest BCUT2D eigenvalue weighted by Gasteiger charge is -2.09. The Kier molecular flexibility index (Phi) is 4.57. The van der Waals surface area contributed by atoms with Crippen molar-refractivity contribution in [3.05, 3.63) is 59.7 Å². The van der Waals surface area contributed by atoms with Crippen molar-refractivity contribution < 1.29 is 17.2 Å². The predicted octanol–water partition coefficient (Wildman–Crippen LogP) is 3.72. The van der Waals surface area contributed by atoms with E-state index in [1.165, 1.54) is 12.1 Å². The molecule has 0 saturated heterocycles.